The summed E-state index contributed by atoms with van der Waals surface area (Å²) in [4.78, 5) is 22.4. The van der Waals surface area contributed by atoms with E-state index in [2.05, 4.69) is 48.6 Å². The molecule has 0 fully saturated rings. The first-order chi connectivity index (χ1) is 16.7. The van der Waals surface area contributed by atoms with E-state index in [1.165, 1.54) is 71.2 Å². The van der Waals surface area contributed by atoms with Gasteiger partial charge in [0.1, 0.15) is 6.04 Å². The van der Waals surface area contributed by atoms with Crippen molar-refractivity contribution < 1.29 is 19.1 Å². The molecule has 0 rings (SSSR count). The summed E-state index contributed by atoms with van der Waals surface area (Å²) in [6, 6.07) is -0.529. The number of nitrogens with one attached hydrogen (secondary N) is 1. The van der Waals surface area contributed by atoms with Gasteiger partial charge < -0.3 is 20.5 Å². The third-order valence-corrected chi connectivity index (χ3v) is 7.71. The molecule has 0 saturated heterocycles. The van der Waals surface area contributed by atoms with Crippen molar-refractivity contribution in [3.63, 3.8) is 0 Å². The lowest BCUT2D eigenvalue weighted by Crippen LogP contribution is -2.33. The maximum absolute atomic E-state index is 11.3. The lowest BCUT2D eigenvalue weighted by atomic mass is 9.91. The van der Waals surface area contributed by atoms with Gasteiger partial charge in [-0.25, -0.2) is 0 Å². The van der Waals surface area contributed by atoms with Gasteiger partial charge in [0.15, 0.2) is 0 Å². The van der Waals surface area contributed by atoms with E-state index in [1.54, 1.807) is 11.8 Å². The van der Waals surface area contributed by atoms with Crippen LogP contribution in [0.15, 0.2) is 11.6 Å². The number of nitrogens with two attached hydrogens (primary N) is 1. The molecule has 0 aliphatic rings. The Morgan fingerprint density at radius 3 is 1.97 bits per heavy atom. The third-order valence-electron chi connectivity index (χ3n) is 6.72. The predicted molar refractivity (Wildman–Crippen MR) is 150 cm³/mol. The van der Waals surface area contributed by atoms with Crippen LogP contribution < -0.4 is 11.1 Å². The van der Waals surface area contributed by atoms with Gasteiger partial charge in [0.05, 0.1) is 20.8 Å². The number of carbonyl (C=O) groups excluding carboxylic acids is 2. The Kier molecular flexibility index (Phi) is 21.5. The SMILES string of the molecule is COC(=O)CNCCC(C)CCCC(C)CCCC(C)CCC/C(C)=C/CSCC(N)C(=O)OC. The molecule has 3 N–H and O–H groups in total. The molecular weight excluding hydrogens is 460 g/mol. The zero-order valence-electron chi connectivity index (χ0n) is 23.4. The molecule has 206 valence electrons. The molecule has 0 spiro atoms. The number of esters is 2. The van der Waals surface area contributed by atoms with Gasteiger partial charge in [-0.2, -0.15) is 11.8 Å². The molecule has 0 aliphatic carbocycles. The van der Waals surface area contributed by atoms with Crippen molar-refractivity contribution in [1.82, 2.24) is 5.32 Å². The number of rotatable bonds is 22. The second-order valence-corrected chi connectivity index (χ2v) is 11.4. The van der Waals surface area contributed by atoms with Crippen molar-refractivity contribution in [2.24, 2.45) is 23.5 Å². The van der Waals surface area contributed by atoms with Crippen LogP contribution in [0.4, 0.5) is 0 Å². The van der Waals surface area contributed by atoms with Crippen LogP contribution in [0.1, 0.15) is 91.9 Å². The molecule has 4 atom stereocenters. The number of ether oxygens (including phenoxy) is 2. The lowest BCUT2D eigenvalue weighted by Gasteiger charge is -2.16. The Morgan fingerprint density at radius 2 is 1.43 bits per heavy atom. The first-order valence-corrected chi connectivity index (χ1v) is 14.7. The van der Waals surface area contributed by atoms with Crippen LogP contribution in [-0.2, 0) is 19.1 Å². The molecule has 0 aromatic carbocycles. The molecule has 4 unspecified atom stereocenters. The van der Waals surface area contributed by atoms with Crippen molar-refractivity contribution in [1.29, 1.82) is 0 Å². The van der Waals surface area contributed by atoms with Crippen molar-refractivity contribution in [3.05, 3.63) is 11.6 Å². The summed E-state index contributed by atoms with van der Waals surface area (Å²) in [6.45, 7) is 10.5. The fourth-order valence-electron chi connectivity index (χ4n) is 4.12. The minimum absolute atomic E-state index is 0.196. The van der Waals surface area contributed by atoms with E-state index in [9.17, 15) is 9.59 Å². The fraction of sp³-hybridized carbons (Fsp3) is 0.857. The average Bonchev–Trinajstić information content (AvgIpc) is 2.83. The van der Waals surface area contributed by atoms with E-state index in [4.69, 9.17) is 5.73 Å². The minimum atomic E-state index is -0.529. The smallest absolute Gasteiger partial charge is 0.323 e. The van der Waals surface area contributed by atoms with Gasteiger partial charge in [0, 0.05) is 11.5 Å². The lowest BCUT2D eigenvalue weighted by molar-refractivity contribution is -0.141. The summed E-state index contributed by atoms with van der Waals surface area (Å²) in [5.74, 6) is 3.26. The molecule has 0 amide bonds. The van der Waals surface area contributed by atoms with Crippen LogP contribution in [0.2, 0.25) is 0 Å². The van der Waals surface area contributed by atoms with Gasteiger partial charge in [-0.05, 0) is 50.5 Å². The summed E-state index contributed by atoms with van der Waals surface area (Å²) >= 11 is 1.68. The largest absolute Gasteiger partial charge is 0.468 e. The number of hydrogen-bond acceptors (Lipinski definition) is 7. The number of allylic oxidation sites excluding steroid dienone is 1. The van der Waals surface area contributed by atoms with Gasteiger partial charge in [0.25, 0.3) is 0 Å². The van der Waals surface area contributed by atoms with E-state index < -0.39 is 6.04 Å². The highest BCUT2D eigenvalue weighted by Crippen LogP contribution is 2.22. The number of thioether (sulfide) groups is 1. The molecule has 7 heteroatoms. The molecule has 6 nitrogen and oxygen atoms in total. The first-order valence-electron chi connectivity index (χ1n) is 13.5. The molecule has 35 heavy (non-hydrogen) atoms. The van der Waals surface area contributed by atoms with E-state index in [-0.39, 0.29) is 11.9 Å². The zero-order valence-corrected chi connectivity index (χ0v) is 24.2. The van der Waals surface area contributed by atoms with Gasteiger partial charge >= 0.3 is 11.9 Å². The molecule has 0 heterocycles. The number of carbonyl (C=O) groups is 2. The highest BCUT2D eigenvalue weighted by Gasteiger charge is 2.12. The van der Waals surface area contributed by atoms with Crippen molar-refractivity contribution in [2.45, 2.75) is 97.9 Å². The topological polar surface area (TPSA) is 90.6 Å². The molecule has 0 radical (unpaired) electrons. The minimum Gasteiger partial charge on any atom is -0.468 e. The van der Waals surface area contributed by atoms with Crippen LogP contribution in [0.5, 0.6) is 0 Å². The summed E-state index contributed by atoms with van der Waals surface area (Å²) in [5.41, 5.74) is 7.18. The maximum Gasteiger partial charge on any atom is 0.323 e. The first kappa shape index (κ1) is 34.0. The Labute approximate surface area is 219 Å². The monoisotopic (exact) mass is 514 g/mol. The standard InChI is InChI=1S/C28H54N2O4S/c1-22(12-8-14-24(3)16-18-30-20-27(31)33-5)10-7-11-23(2)13-9-15-25(4)17-19-35-21-26(29)28(32)34-6/h17,22-24,26,30H,7-16,18-21,29H2,1-6H3/b25-17+. The fourth-order valence-corrected chi connectivity index (χ4v) is 5.05. The van der Waals surface area contributed by atoms with Gasteiger partial charge in [-0.3, -0.25) is 9.59 Å². The Hall–Kier alpha value is -1.05. The number of hydrogen-bond donors (Lipinski definition) is 2. The van der Waals surface area contributed by atoms with Crippen LogP contribution in [0.25, 0.3) is 0 Å². The van der Waals surface area contributed by atoms with Gasteiger partial charge in [-0.1, -0.05) is 77.4 Å². The third kappa shape index (κ3) is 20.8. The molecule has 0 aromatic heterocycles. The van der Waals surface area contributed by atoms with E-state index in [1.807, 2.05) is 0 Å². The van der Waals surface area contributed by atoms with Crippen molar-refractivity contribution in [3.8, 4) is 0 Å². The quantitative estimate of drug-likeness (QED) is 0.108. The van der Waals surface area contributed by atoms with Crippen LogP contribution in [0, 0.1) is 17.8 Å². The van der Waals surface area contributed by atoms with Crippen LogP contribution in [0.3, 0.4) is 0 Å². The highest BCUT2D eigenvalue weighted by atomic mass is 32.2. The second-order valence-electron chi connectivity index (χ2n) is 10.3. The Bertz CT molecular complexity index is 585. The summed E-state index contributed by atoms with van der Waals surface area (Å²) in [6.07, 6.45) is 15.0. The van der Waals surface area contributed by atoms with Gasteiger partial charge in [-0.15, -0.1) is 0 Å². The van der Waals surface area contributed by atoms with Crippen molar-refractivity contribution >= 4 is 23.7 Å². The van der Waals surface area contributed by atoms with E-state index >= 15 is 0 Å². The van der Waals surface area contributed by atoms with E-state index in [0.29, 0.717) is 18.2 Å². The molecule has 0 saturated carbocycles. The van der Waals surface area contributed by atoms with Crippen molar-refractivity contribution in [2.75, 3.05) is 38.8 Å². The summed E-state index contributed by atoms with van der Waals surface area (Å²) in [7, 11) is 2.80. The number of methoxy groups -OCH3 is 2. The second kappa shape index (κ2) is 22.2. The summed E-state index contributed by atoms with van der Waals surface area (Å²) in [5, 5.41) is 3.15. The summed E-state index contributed by atoms with van der Waals surface area (Å²) < 4.78 is 9.29. The van der Waals surface area contributed by atoms with Gasteiger partial charge in [0.2, 0.25) is 0 Å². The normalized spacial score (nSPS) is 15.3. The Balaban J connectivity index is 3.72. The zero-order chi connectivity index (χ0) is 26.5. The predicted octanol–water partition coefficient (Wildman–Crippen LogP) is 5.74. The molecule has 0 aromatic rings. The molecule has 0 aliphatic heterocycles. The molecule has 0 bridgehead atoms. The van der Waals surface area contributed by atoms with Crippen LogP contribution >= 0.6 is 11.8 Å². The Morgan fingerprint density at radius 1 is 0.886 bits per heavy atom. The van der Waals surface area contributed by atoms with Crippen LogP contribution in [-0.4, -0.2) is 56.8 Å². The highest BCUT2D eigenvalue weighted by molar-refractivity contribution is 7.99. The average molecular weight is 515 g/mol. The maximum atomic E-state index is 11.3. The molecular formula is C28H54N2O4S. The van der Waals surface area contributed by atoms with E-state index in [0.717, 1.165) is 37.0 Å².